The first-order chi connectivity index (χ1) is 7.68. The number of thioether (sulfide) groups is 1. The molecule has 0 radical (unpaired) electrons. The average Bonchev–Trinajstić information content (AvgIpc) is 2.88. The van der Waals surface area contributed by atoms with Crippen LogP contribution in [0.15, 0.2) is 0 Å². The lowest BCUT2D eigenvalue weighted by molar-refractivity contribution is 0.0944. The third-order valence-electron chi connectivity index (χ3n) is 2.78. The Morgan fingerprint density at radius 1 is 1.75 bits per heavy atom. The molecule has 1 aromatic heterocycles. The fraction of sp³-hybridized carbons (Fsp3) is 0.600. The summed E-state index contributed by atoms with van der Waals surface area (Å²) >= 11 is 1.94. The summed E-state index contributed by atoms with van der Waals surface area (Å²) in [5.74, 6) is 2.74. The van der Waals surface area contributed by atoms with Crippen LogP contribution in [0.2, 0.25) is 0 Å². The van der Waals surface area contributed by atoms with Gasteiger partial charge >= 0.3 is 0 Å². The smallest absolute Gasteiger partial charge is 0.273 e. The SMILES string of the molecule is Cc1[nH]nc(C(=O)NCC2CCSC2)c1N. The van der Waals surface area contributed by atoms with Crippen molar-refractivity contribution in [3.05, 3.63) is 11.4 Å². The molecule has 5 nitrogen and oxygen atoms in total. The quantitative estimate of drug-likeness (QED) is 0.729. The third-order valence-corrected chi connectivity index (χ3v) is 4.02. The van der Waals surface area contributed by atoms with Gasteiger partial charge in [-0.3, -0.25) is 9.89 Å². The number of rotatable bonds is 3. The predicted molar refractivity (Wildman–Crippen MR) is 65.5 cm³/mol. The van der Waals surface area contributed by atoms with Crippen LogP contribution in [0.5, 0.6) is 0 Å². The average molecular weight is 240 g/mol. The number of nitrogens with zero attached hydrogens (tertiary/aromatic N) is 1. The van der Waals surface area contributed by atoms with Crippen molar-refractivity contribution >= 4 is 23.4 Å². The molecule has 4 N–H and O–H groups in total. The van der Waals surface area contributed by atoms with E-state index >= 15 is 0 Å². The summed E-state index contributed by atoms with van der Waals surface area (Å²) in [6.45, 7) is 2.52. The molecule has 0 spiro atoms. The molecule has 16 heavy (non-hydrogen) atoms. The first-order valence-electron chi connectivity index (χ1n) is 5.35. The number of carbonyl (C=O) groups is 1. The zero-order valence-corrected chi connectivity index (χ0v) is 10.1. The summed E-state index contributed by atoms with van der Waals surface area (Å²) in [7, 11) is 0. The van der Waals surface area contributed by atoms with Crippen LogP contribution in [0.3, 0.4) is 0 Å². The molecule has 0 saturated carbocycles. The topological polar surface area (TPSA) is 83.8 Å². The van der Waals surface area contributed by atoms with Crippen molar-refractivity contribution in [2.24, 2.45) is 5.92 Å². The van der Waals surface area contributed by atoms with E-state index in [9.17, 15) is 4.79 Å². The van der Waals surface area contributed by atoms with Gasteiger partial charge < -0.3 is 11.1 Å². The number of carbonyl (C=O) groups excluding carboxylic acids is 1. The highest BCUT2D eigenvalue weighted by Crippen LogP contribution is 2.22. The zero-order valence-electron chi connectivity index (χ0n) is 9.25. The molecule has 6 heteroatoms. The van der Waals surface area contributed by atoms with Crippen molar-refractivity contribution in [3.63, 3.8) is 0 Å². The Morgan fingerprint density at radius 2 is 2.56 bits per heavy atom. The molecule has 1 aromatic rings. The van der Waals surface area contributed by atoms with Crippen LogP contribution in [-0.2, 0) is 0 Å². The minimum absolute atomic E-state index is 0.182. The lowest BCUT2D eigenvalue weighted by Crippen LogP contribution is -2.30. The molecule has 0 bridgehead atoms. The fourth-order valence-corrected chi connectivity index (χ4v) is 2.96. The summed E-state index contributed by atoms with van der Waals surface area (Å²) < 4.78 is 0. The van der Waals surface area contributed by atoms with Gasteiger partial charge in [0, 0.05) is 6.54 Å². The number of H-pyrrole nitrogens is 1. The number of aromatic nitrogens is 2. The number of aromatic amines is 1. The normalized spacial score (nSPS) is 19.9. The van der Waals surface area contributed by atoms with E-state index in [0.717, 1.165) is 18.0 Å². The van der Waals surface area contributed by atoms with Crippen molar-refractivity contribution in [3.8, 4) is 0 Å². The summed E-state index contributed by atoms with van der Waals surface area (Å²) in [6, 6.07) is 0. The molecular weight excluding hydrogens is 224 g/mol. The van der Waals surface area contributed by atoms with E-state index < -0.39 is 0 Å². The van der Waals surface area contributed by atoms with Gasteiger partial charge in [0.05, 0.1) is 11.4 Å². The van der Waals surface area contributed by atoms with Gasteiger partial charge in [-0.2, -0.15) is 16.9 Å². The van der Waals surface area contributed by atoms with Crippen LogP contribution >= 0.6 is 11.8 Å². The molecule has 88 valence electrons. The third kappa shape index (κ3) is 2.32. The minimum Gasteiger partial charge on any atom is -0.395 e. The molecule has 0 aromatic carbocycles. The standard InChI is InChI=1S/C10H16N4OS/c1-6-8(11)9(14-13-6)10(15)12-4-7-2-3-16-5-7/h7H,2-5,11H2,1H3,(H,12,15)(H,13,14). The van der Waals surface area contributed by atoms with Crippen LogP contribution in [0, 0.1) is 12.8 Å². The molecule has 1 saturated heterocycles. The monoisotopic (exact) mass is 240 g/mol. The van der Waals surface area contributed by atoms with E-state index in [1.54, 1.807) is 6.92 Å². The van der Waals surface area contributed by atoms with E-state index in [1.165, 1.54) is 12.2 Å². The van der Waals surface area contributed by atoms with Crippen LogP contribution in [-0.4, -0.2) is 34.2 Å². The van der Waals surface area contributed by atoms with E-state index in [-0.39, 0.29) is 5.91 Å². The Bertz CT molecular complexity index is 384. The van der Waals surface area contributed by atoms with Gasteiger partial charge in [-0.1, -0.05) is 0 Å². The van der Waals surface area contributed by atoms with E-state index in [4.69, 9.17) is 5.73 Å². The van der Waals surface area contributed by atoms with Gasteiger partial charge in [-0.15, -0.1) is 0 Å². The van der Waals surface area contributed by atoms with Gasteiger partial charge in [0.25, 0.3) is 5.91 Å². The number of hydrogen-bond donors (Lipinski definition) is 3. The zero-order chi connectivity index (χ0) is 11.5. The molecule has 2 rings (SSSR count). The highest BCUT2D eigenvalue weighted by atomic mass is 32.2. The van der Waals surface area contributed by atoms with E-state index in [1.807, 2.05) is 11.8 Å². The maximum Gasteiger partial charge on any atom is 0.273 e. The minimum atomic E-state index is -0.182. The van der Waals surface area contributed by atoms with Gasteiger partial charge in [0.2, 0.25) is 0 Å². The van der Waals surface area contributed by atoms with Gasteiger partial charge in [-0.05, 0) is 30.8 Å². The van der Waals surface area contributed by atoms with Crippen LogP contribution in [0.4, 0.5) is 5.69 Å². The Hall–Kier alpha value is -1.17. The summed E-state index contributed by atoms with van der Waals surface area (Å²) in [5, 5.41) is 9.48. The predicted octanol–water partition coefficient (Wildman–Crippen LogP) is 0.783. The molecule has 1 fully saturated rings. The molecule has 1 aliphatic rings. The number of amides is 1. The largest absolute Gasteiger partial charge is 0.395 e. The maximum absolute atomic E-state index is 11.8. The molecule has 0 aliphatic carbocycles. The summed E-state index contributed by atoms with van der Waals surface area (Å²) in [5.41, 5.74) is 7.22. The van der Waals surface area contributed by atoms with Gasteiger partial charge in [-0.25, -0.2) is 0 Å². The molecule has 2 heterocycles. The number of nitrogens with two attached hydrogens (primary N) is 1. The van der Waals surface area contributed by atoms with Crippen molar-refractivity contribution in [1.29, 1.82) is 0 Å². The van der Waals surface area contributed by atoms with Gasteiger partial charge in [0.15, 0.2) is 5.69 Å². The molecule has 1 aliphatic heterocycles. The highest BCUT2D eigenvalue weighted by Gasteiger charge is 2.19. The van der Waals surface area contributed by atoms with Crippen molar-refractivity contribution in [1.82, 2.24) is 15.5 Å². The second-order valence-corrected chi connectivity index (χ2v) is 5.20. The first kappa shape index (κ1) is 11.3. The lowest BCUT2D eigenvalue weighted by Gasteiger charge is -2.08. The number of nitrogen functional groups attached to an aromatic ring is 1. The fourth-order valence-electron chi connectivity index (χ4n) is 1.68. The summed E-state index contributed by atoms with van der Waals surface area (Å²) in [6.07, 6.45) is 1.18. The Labute approximate surface area is 98.6 Å². The lowest BCUT2D eigenvalue weighted by atomic mass is 10.1. The number of nitrogens with one attached hydrogen (secondary N) is 2. The molecule has 1 atom stereocenters. The molecule has 1 unspecified atom stereocenters. The van der Waals surface area contributed by atoms with Gasteiger partial charge in [0.1, 0.15) is 0 Å². The van der Waals surface area contributed by atoms with Crippen molar-refractivity contribution in [2.45, 2.75) is 13.3 Å². The first-order valence-corrected chi connectivity index (χ1v) is 6.50. The summed E-state index contributed by atoms with van der Waals surface area (Å²) in [4.78, 5) is 11.8. The Balaban J connectivity index is 1.90. The highest BCUT2D eigenvalue weighted by molar-refractivity contribution is 7.99. The number of anilines is 1. The molecule has 1 amide bonds. The molecular formula is C10H16N4OS. The number of aryl methyl sites for hydroxylation is 1. The second-order valence-electron chi connectivity index (χ2n) is 4.05. The van der Waals surface area contributed by atoms with Crippen molar-refractivity contribution in [2.75, 3.05) is 23.8 Å². The maximum atomic E-state index is 11.8. The second kappa shape index (κ2) is 4.78. The Morgan fingerprint density at radius 3 is 3.12 bits per heavy atom. The van der Waals surface area contributed by atoms with Crippen LogP contribution < -0.4 is 11.1 Å². The number of hydrogen-bond acceptors (Lipinski definition) is 4. The van der Waals surface area contributed by atoms with E-state index in [0.29, 0.717) is 17.3 Å². The van der Waals surface area contributed by atoms with E-state index in [2.05, 4.69) is 15.5 Å². The Kier molecular flexibility index (Phi) is 3.38. The van der Waals surface area contributed by atoms with Crippen LogP contribution in [0.25, 0.3) is 0 Å². The van der Waals surface area contributed by atoms with Crippen molar-refractivity contribution < 1.29 is 4.79 Å². The van der Waals surface area contributed by atoms with Crippen LogP contribution in [0.1, 0.15) is 22.6 Å².